The number of nitrogens with zero attached hydrogens (tertiary/aromatic N) is 3. The molecule has 0 saturated carbocycles. The number of pyridine rings is 1. The highest BCUT2D eigenvalue weighted by Crippen LogP contribution is 2.45. The first-order valence-electron chi connectivity index (χ1n) is 16.6. The Morgan fingerprint density at radius 3 is 1.88 bits per heavy atom. The van der Waals surface area contributed by atoms with E-state index in [1.54, 1.807) is 6.20 Å². The van der Waals surface area contributed by atoms with Crippen molar-refractivity contribution in [3.63, 3.8) is 0 Å². The monoisotopic (exact) mass is 641 g/mol. The highest BCUT2D eigenvalue weighted by Gasteiger charge is 2.22. The first kappa shape index (κ1) is 28.2. The van der Waals surface area contributed by atoms with Gasteiger partial charge in [0, 0.05) is 56.2 Å². The summed E-state index contributed by atoms with van der Waals surface area (Å²) >= 11 is 0. The standard InChI is InChI=1S/C45H27N3O2/c1-2-10-30(11-3-1)45-47-38(29-21-19-28(20-22-29)31-12-9-25-46-27-31)26-39(48-45)36-24-23-33(42-37-14-5-7-18-41(37)50-44(36)42)35-16-8-15-34-32-13-4-6-17-40(32)49-43(34)35/h1-27H. The summed E-state index contributed by atoms with van der Waals surface area (Å²) in [6.45, 7) is 0. The van der Waals surface area contributed by atoms with Crippen molar-refractivity contribution in [2.24, 2.45) is 0 Å². The second-order valence-corrected chi connectivity index (χ2v) is 12.4. The Labute approximate surface area is 287 Å². The van der Waals surface area contributed by atoms with Crippen molar-refractivity contribution < 1.29 is 8.83 Å². The average molecular weight is 642 g/mol. The van der Waals surface area contributed by atoms with E-state index in [1.807, 2.05) is 66.9 Å². The molecule has 10 aromatic rings. The van der Waals surface area contributed by atoms with E-state index < -0.39 is 0 Å². The van der Waals surface area contributed by atoms with Gasteiger partial charge in [-0.15, -0.1) is 0 Å². The van der Waals surface area contributed by atoms with E-state index in [4.69, 9.17) is 18.8 Å². The maximum Gasteiger partial charge on any atom is 0.160 e. The number of para-hydroxylation sites is 3. The van der Waals surface area contributed by atoms with Gasteiger partial charge < -0.3 is 8.83 Å². The lowest BCUT2D eigenvalue weighted by Crippen LogP contribution is -1.96. The lowest BCUT2D eigenvalue weighted by molar-refractivity contribution is 0.669. The number of hydrogen-bond donors (Lipinski definition) is 0. The normalized spacial score (nSPS) is 11.6. The Morgan fingerprint density at radius 2 is 1.06 bits per heavy atom. The van der Waals surface area contributed by atoms with Gasteiger partial charge in [0.05, 0.1) is 11.4 Å². The molecule has 5 heteroatoms. The summed E-state index contributed by atoms with van der Waals surface area (Å²) < 4.78 is 13.2. The molecule has 0 radical (unpaired) electrons. The predicted molar refractivity (Wildman–Crippen MR) is 202 cm³/mol. The van der Waals surface area contributed by atoms with Gasteiger partial charge in [0.1, 0.15) is 22.3 Å². The molecule has 0 spiro atoms. The zero-order valence-electron chi connectivity index (χ0n) is 26.7. The van der Waals surface area contributed by atoms with Crippen LogP contribution in [0.3, 0.4) is 0 Å². The Bertz CT molecular complexity index is 2850. The van der Waals surface area contributed by atoms with Crippen molar-refractivity contribution in [2.75, 3.05) is 0 Å². The molecule has 0 amide bonds. The Morgan fingerprint density at radius 1 is 0.400 bits per heavy atom. The zero-order valence-corrected chi connectivity index (χ0v) is 26.7. The summed E-state index contributed by atoms with van der Waals surface area (Å²) in [5, 5.41) is 4.25. The van der Waals surface area contributed by atoms with Gasteiger partial charge in [0.15, 0.2) is 5.82 Å². The van der Waals surface area contributed by atoms with Crippen LogP contribution in [0.5, 0.6) is 0 Å². The van der Waals surface area contributed by atoms with Crippen molar-refractivity contribution in [3.8, 4) is 56.2 Å². The number of furan rings is 2. The van der Waals surface area contributed by atoms with Crippen molar-refractivity contribution >= 4 is 43.9 Å². The van der Waals surface area contributed by atoms with Gasteiger partial charge in [-0.2, -0.15) is 0 Å². The van der Waals surface area contributed by atoms with Gasteiger partial charge in [-0.3, -0.25) is 4.98 Å². The number of hydrogen-bond acceptors (Lipinski definition) is 5. The van der Waals surface area contributed by atoms with Crippen molar-refractivity contribution in [1.29, 1.82) is 0 Å². The molecule has 0 bridgehead atoms. The van der Waals surface area contributed by atoms with Crippen LogP contribution in [-0.4, -0.2) is 15.0 Å². The second kappa shape index (κ2) is 11.4. The van der Waals surface area contributed by atoms with Crippen LogP contribution in [0, 0.1) is 0 Å². The third-order valence-electron chi connectivity index (χ3n) is 9.43. The summed E-state index contributed by atoms with van der Waals surface area (Å²) in [6.07, 6.45) is 3.67. The van der Waals surface area contributed by atoms with Gasteiger partial charge in [-0.05, 0) is 47.0 Å². The molecule has 0 aliphatic carbocycles. The minimum absolute atomic E-state index is 0.648. The summed E-state index contributed by atoms with van der Waals surface area (Å²) in [7, 11) is 0. The van der Waals surface area contributed by atoms with Crippen LogP contribution in [0.2, 0.25) is 0 Å². The van der Waals surface area contributed by atoms with Crippen LogP contribution in [0.4, 0.5) is 0 Å². The smallest absolute Gasteiger partial charge is 0.160 e. The molecule has 5 nitrogen and oxygen atoms in total. The Kier molecular flexibility index (Phi) is 6.42. The van der Waals surface area contributed by atoms with Crippen LogP contribution < -0.4 is 0 Å². The molecule has 0 unspecified atom stereocenters. The van der Waals surface area contributed by atoms with Crippen molar-refractivity contribution in [2.45, 2.75) is 0 Å². The summed E-state index contributed by atoms with van der Waals surface area (Å²) in [5.41, 5.74) is 12.0. The first-order valence-corrected chi connectivity index (χ1v) is 16.6. The van der Waals surface area contributed by atoms with Crippen molar-refractivity contribution in [1.82, 2.24) is 15.0 Å². The lowest BCUT2D eigenvalue weighted by Gasteiger charge is -2.12. The fraction of sp³-hybridized carbons (Fsp3) is 0. The van der Waals surface area contributed by atoms with E-state index in [2.05, 4.69) is 96.0 Å². The molecule has 0 atom stereocenters. The fourth-order valence-corrected chi connectivity index (χ4v) is 7.03. The molecule has 234 valence electrons. The van der Waals surface area contributed by atoms with Crippen LogP contribution in [0.25, 0.3) is 100 Å². The molecule has 6 aromatic carbocycles. The van der Waals surface area contributed by atoms with E-state index >= 15 is 0 Å². The first-order chi connectivity index (χ1) is 24.8. The fourth-order valence-electron chi connectivity index (χ4n) is 7.03. The second-order valence-electron chi connectivity index (χ2n) is 12.4. The molecule has 0 fully saturated rings. The highest BCUT2D eigenvalue weighted by atomic mass is 16.3. The van der Waals surface area contributed by atoms with Crippen LogP contribution >= 0.6 is 0 Å². The van der Waals surface area contributed by atoms with Gasteiger partial charge in [0.25, 0.3) is 0 Å². The van der Waals surface area contributed by atoms with Crippen LogP contribution in [0.1, 0.15) is 0 Å². The van der Waals surface area contributed by atoms with Crippen molar-refractivity contribution in [3.05, 3.63) is 164 Å². The van der Waals surface area contributed by atoms with E-state index in [1.165, 1.54) is 0 Å². The largest absolute Gasteiger partial charge is 0.455 e. The molecule has 0 aliphatic rings. The average Bonchev–Trinajstić information content (AvgIpc) is 3.78. The molecule has 50 heavy (non-hydrogen) atoms. The molecule has 10 rings (SSSR count). The maximum atomic E-state index is 6.73. The third kappa shape index (κ3) is 4.60. The number of benzene rings is 6. The Hall–Kier alpha value is -6.85. The zero-order chi connectivity index (χ0) is 33.0. The van der Waals surface area contributed by atoms with E-state index in [9.17, 15) is 0 Å². The number of fused-ring (bicyclic) bond motifs is 6. The van der Waals surface area contributed by atoms with E-state index in [-0.39, 0.29) is 0 Å². The molecule has 0 saturated heterocycles. The summed E-state index contributed by atoms with van der Waals surface area (Å²) in [5.74, 6) is 0.648. The van der Waals surface area contributed by atoms with E-state index in [0.717, 1.165) is 94.2 Å². The summed E-state index contributed by atoms with van der Waals surface area (Å²) in [4.78, 5) is 14.5. The quantitative estimate of drug-likeness (QED) is 0.187. The van der Waals surface area contributed by atoms with Gasteiger partial charge in [0.2, 0.25) is 0 Å². The summed E-state index contributed by atoms with van der Waals surface area (Å²) in [6, 6.07) is 51.7. The molecule has 0 aliphatic heterocycles. The highest BCUT2D eigenvalue weighted by molar-refractivity contribution is 6.19. The minimum Gasteiger partial charge on any atom is -0.455 e. The van der Waals surface area contributed by atoms with Gasteiger partial charge in [-0.25, -0.2) is 9.97 Å². The molecule has 4 heterocycles. The van der Waals surface area contributed by atoms with Crippen LogP contribution in [0.15, 0.2) is 173 Å². The van der Waals surface area contributed by atoms with Gasteiger partial charge >= 0.3 is 0 Å². The van der Waals surface area contributed by atoms with Crippen LogP contribution in [-0.2, 0) is 0 Å². The van der Waals surface area contributed by atoms with E-state index in [0.29, 0.717) is 5.82 Å². The lowest BCUT2D eigenvalue weighted by atomic mass is 9.94. The minimum atomic E-state index is 0.648. The molecular formula is C45H27N3O2. The number of rotatable bonds is 5. The molecule has 4 aromatic heterocycles. The topological polar surface area (TPSA) is 65.0 Å². The Balaban J connectivity index is 1.20. The SMILES string of the molecule is c1ccc(-c2nc(-c3ccc(-c4cccnc4)cc3)cc(-c3ccc(-c4cccc5c4oc4ccccc45)c4c3oc3ccccc34)n2)cc1. The molecular weight excluding hydrogens is 615 g/mol. The third-order valence-corrected chi connectivity index (χ3v) is 9.43. The number of aromatic nitrogens is 3. The maximum absolute atomic E-state index is 6.73. The molecule has 0 N–H and O–H groups in total. The predicted octanol–water partition coefficient (Wildman–Crippen LogP) is 12.0. The van der Waals surface area contributed by atoms with Gasteiger partial charge in [-0.1, -0.05) is 121 Å².